The van der Waals surface area contributed by atoms with Crippen LogP contribution < -0.4 is 5.32 Å². The molecule has 0 aliphatic rings. The Morgan fingerprint density at radius 3 is 2.48 bits per heavy atom. The van der Waals surface area contributed by atoms with Crippen molar-refractivity contribution in [2.45, 2.75) is 46.1 Å². The second-order valence-corrected chi connectivity index (χ2v) is 7.77. The predicted octanol–water partition coefficient (Wildman–Crippen LogP) is 3.69. The van der Waals surface area contributed by atoms with E-state index < -0.39 is 0 Å². The van der Waals surface area contributed by atoms with Crippen molar-refractivity contribution in [3.8, 4) is 11.3 Å². The third-order valence-corrected chi connectivity index (χ3v) is 4.07. The summed E-state index contributed by atoms with van der Waals surface area (Å²) in [5.41, 5.74) is 0.550. The number of benzene rings is 1. The quantitative estimate of drug-likeness (QED) is 0.780. The Balaban J connectivity index is 1.90. The number of rotatable bonds is 7. The fraction of sp³-hybridized carbons (Fsp3) is 0.450. The normalized spacial score (nSPS) is 11.3. The number of amides is 2. The second-order valence-electron chi connectivity index (χ2n) is 7.33. The van der Waals surface area contributed by atoms with Gasteiger partial charge in [0.15, 0.2) is 11.7 Å². The highest BCUT2D eigenvalue weighted by Crippen LogP contribution is 2.22. The van der Waals surface area contributed by atoms with Gasteiger partial charge in [0, 0.05) is 35.5 Å². The summed E-state index contributed by atoms with van der Waals surface area (Å²) in [6.45, 7) is 8.09. The molecule has 1 heterocycles. The summed E-state index contributed by atoms with van der Waals surface area (Å²) >= 11 is 5.89. The van der Waals surface area contributed by atoms with E-state index in [-0.39, 0.29) is 30.3 Å². The molecule has 2 rings (SSSR count). The fourth-order valence-corrected chi connectivity index (χ4v) is 2.68. The third-order valence-electron chi connectivity index (χ3n) is 3.82. The average Bonchev–Trinajstić information content (AvgIpc) is 3.05. The minimum atomic E-state index is -0.324. The lowest BCUT2D eigenvalue weighted by atomic mass is 10.1. The molecule has 7 heteroatoms. The van der Waals surface area contributed by atoms with Crippen LogP contribution in [-0.4, -0.2) is 40.3 Å². The van der Waals surface area contributed by atoms with Crippen LogP contribution in [0, 0.1) is 0 Å². The minimum Gasteiger partial charge on any atom is -0.441 e. The van der Waals surface area contributed by atoms with Gasteiger partial charge in [-0.05, 0) is 52.0 Å². The number of aromatic nitrogens is 1. The molecule has 2 aromatic rings. The monoisotopic (exact) mass is 391 g/mol. The molecule has 0 radical (unpaired) electrons. The average molecular weight is 392 g/mol. The molecule has 1 aromatic heterocycles. The van der Waals surface area contributed by atoms with E-state index in [1.165, 1.54) is 4.90 Å². The van der Waals surface area contributed by atoms with Gasteiger partial charge in [-0.15, -0.1) is 0 Å². The number of hydrogen-bond donors (Lipinski definition) is 1. The highest BCUT2D eigenvalue weighted by Gasteiger charge is 2.20. The summed E-state index contributed by atoms with van der Waals surface area (Å²) in [5, 5.41) is 3.52. The topological polar surface area (TPSA) is 75.4 Å². The van der Waals surface area contributed by atoms with Crippen LogP contribution in [0.2, 0.25) is 5.02 Å². The number of halogens is 1. The summed E-state index contributed by atoms with van der Waals surface area (Å²) < 4.78 is 5.72. The van der Waals surface area contributed by atoms with Gasteiger partial charge in [0.05, 0.1) is 12.7 Å². The Labute approximate surface area is 164 Å². The SMILES string of the molecule is CCN(CC(=O)NC(C)(C)C)C(=O)CCc1ncc(-c2ccc(Cl)cc2)o1. The zero-order chi connectivity index (χ0) is 20.0. The summed E-state index contributed by atoms with van der Waals surface area (Å²) in [5.74, 6) is 0.848. The van der Waals surface area contributed by atoms with E-state index in [4.69, 9.17) is 16.0 Å². The molecule has 0 saturated carbocycles. The summed E-state index contributed by atoms with van der Waals surface area (Å²) in [7, 11) is 0. The zero-order valence-electron chi connectivity index (χ0n) is 16.2. The lowest BCUT2D eigenvalue weighted by molar-refractivity contribution is -0.136. The van der Waals surface area contributed by atoms with Crippen LogP contribution in [0.4, 0.5) is 0 Å². The fourth-order valence-electron chi connectivity index (χ4n) is 2.55. The number of carbonyl (C=O) groups is 2. The second kappa shape index (κ2) is 9.04. The molecular formula is C20H26ClN3O3. The van der Waals surface area contributed by atoms with Crippen LogP contribution in [0.1, 0.15) is 40.0 Å². The highest BCUT2D eigenvalue weighted by molar-refractivity contribution is 6.30. The standard InChI is InChI=1S/C20H26ClN3O3/c1-5-24(13-17(25)23-20(2,3)4)19(26)11-10-18-22-12-16(27-18)14-6-8-15(21)9-7-14/h6-9,12H,5,10-11,13H2,1-4H3,(H,23,25). The van der Waals surface area contributed by atoms with E-state index in [9.17, 15) is 9.59 Å². The Kier molecular flexibility index (Phi) is 7.02. The van der Waals surface area contributed by atoms with Gasteiger partial charge in [-0.25, -0.2) is 4.98 Å². The van der Waals surface area contributed by atoms with Gasteiger partial charge < -0.3 is 14.6 Å². The smallest absolute Gasteiger partial charge is 0.240 e. The van der Waals surface area contributed by atoms with Gasteiger partial charge in [-0.2, -0.15) is 0 Å². The van der Waals surface area contributed by atoms with Gasteiger partial charge in [0.2, 0.25) is 11.8 Å². The summed E-state index contributed by atoms with van der Waals surface area (Å²) in [4.78, 5) is 30.2. The zero-order valence-corrected chi connectivity index (χ0v) is 17.0. The molecule has 1 N–H and O–H groups in total. The van der Waals surface area contributed by atoms with Crippen molar-refractivity contribution in [1.29, 1.82) is 0 Å². The first-order valence-corrected chi connectivity index (χ1v) is 9.35. The number of likely N-dealkylation sites (N-methyl/N-ethyl adjacent to an activating group) is 1. The molecule has 0 bridgehead atoms. The molecule has 146 valence electrons. The van der Waals surface area contributed by atoms with E-state index in [1.807, 2.05) is 39.8 Å². The van der Waals surface area contributed by atoms with Crippen molar-refractivity contribution in [2.24, 2.45) is 0 Å². The molecule has 0 aliphatic heterocycles. The van der Waals surface area contributed by atoms with Gasteiger partial charge in [-0.1, -0.05) is 11.6 Å². The summed E-state index contributed by atoms with van der Waals surface area (Å²) in [6, 6.07) is 7.27. The largest absolute Gasteiger partial charge is 0.441 e. The lowest BCUT2D eigenvalue weighted by Crippen LogP contribution is -2.47. The molecule has 2 amide bonds. The molecule has 0 spiro atoms. The van der Waals surface area contributed by atoms with Crippen molar-refractivity contribution in [2.75, 3.05) is 13.1 Å². The predicted molar refractivity (Wildman–Crippen MR) is 105 cm³/mol. The van der Waals surface area contributed by atoms with Gasteiger partial charge >= 0.3 is 0 Å². The van der Waals surface area contributed by atoms with Crippen molar-refractivity contribution in [1.82, 2.24) is 15.2 Å². The molecule has 1 aromatic carbocycles. The van der Waals surface area contributed by atoms with Crippen LogP contribution in [0.5, 0.6) is 0 Å². The van der Waals surface area contributed by atoms with Gasteiger partial charge in [0.1, 0.15) is 0 Å². The van der Waals surface area contributed by atoms with E-state index in [0.29, 0.717) is 29.6 Å². The Morgan fingerprint density at radius 1 is 1.22 bits per heavy atom. The molecule has 0 fully saturated rings. The van der Waals surface area contributed by atoms with Gasteiger partial charge in [-0.3, -0.25) is 9.59 Å². The maximum absolute atomic E-state index is 12.4. The first-order chi connectivity index (χ1) is 12.7. The maximum atomic E-state index is 12.4. The number of nitrogens with zero attached hydrogens (tertiary/aromatic N) is 2. The Morgan fingerprint density at radius 2 is 1.89 bits per heavy atom. The van der Waals surface area contributed by atoms with Gasteiger partial charge in [0.25, 0.3) is 0 Å². The summed E-state index contributed by atoms with van der Waals surface area (Å²) in [6.07, 6.45) is 2.25. The third kappa shape index (κ3) is 6.71. The van der Waals surface area contributed by atoms with Crippen LogP contribution in [0.3, 0.4) is 0 Å². The molecule has 0 atom stereocenters. The van der Waals surface area contributed by atoms with E-state index >= 15 is 0 Å². The molecule has 0 unspecified atom stereocenters. The number of carbonyl (C=O) groups excluding carboxylic acids is 2. The minimum absolute atomic E-state index is 0.0498. The molecule has 0 aliphatic carbocycles. The van der Waals surface area contributed by atoms with Crippen molar-refractivity contribution in [3.63, 3.8) is 0 Å². The van der Waals surface area contributed by atoms with E-state index in [1.54, 1.807) is 18.3 Å². The number of hydrogen-bond acceptors (Lipinski definition) is 4. The molecule has 6 nitrogen and oxygen atoms in total. The number of nitrogens with one attached hydrogen (secondary N) is 1. The molecular weight excluding hydrogens is 366 g/mol. The Hall–Kier alpha value is -2.34. The van der Waals surface area contributed by atoms with E-state index in [0.717, 1.165) is 5.56 Å². The van der Waals surface area contributed by atoms with Crippen LogP contribution >= 0.6 is 11.6 Å². The maximum Gasteiger partial charge on any atom is 0.240 e. The highest BCUT2D eigenvalue weighted by atomic mass is 35.5. The van der Waals surface area contributed by atoms with Crippen molar-refractivity contribution < 1.29 is 14.0 Å². The van der Waals surface area contributed by atoms with Crippen LogP contribution in [0.15, 0.2) is 34.9 Å². The number of aryl methyl sites for hydroxylation is 1. The van der Waals surface area contributed by atoms with Crippen LogP contribution in [-0.2, 0) is 16.0 Å². The van der Waals surface area contributed by atoms with Crippen molar-refractivity contribution in [3.05, 3.63) is 41.4 Å². The first-order valence-electron chi connectivity index (χ1n) is 8.97. The molecule has 0 saturated heterocycles. The van der Waals surface area contributed by atoms with E-state index in [2.05, 4.69) is 10.3 Å². The molecule has 27 heavy (non-hydrogen) atoms. The first kappa shape index (κ1) is 21.0. The lowest BCUT2D eigenvalue weighted by Gasteiger charge is -2.25. The van der Waals surface area contributed by atoms with Crippen LogP contribution in [0.25, 0.3) is 11.3 Å². The number of oxazole rings is 1. The Bertz CT molecular complexity index is 779. The van der Waals surface area contributed by atoms with Crippen molar-refractivity contribution >= 4 is 23.4 Å².